The SMILES string of the molecule is C/C=C\C=C/c1ccc(-c2ccc(N(c3ccccc3)c3ccc4cc(-c5cccc6c5ccc5nc(-c7ccccc7)oc56)ccc4c3)cc2)c2ccccc12. The molecule has 0 amide bonds. The van der Waals surface area contributed by atoms with Gasteiger partial charge in [0.25, 0.3) is 0 Å². The average molecular weight is 731 g/mol. The van der Waals surface area contributed by atoms with Crippen molar-refractivity contribution in [2.75, 3.05) is 4.90 Å². The first-order chi connectivity index (χ1) is 28.2. The molecule has 0 aliphatic rings. The van der Waals surface area contributed by atoms with Crippen molar-refractivity contribution in [2.24, 2.45) is 0 Å². The Bertz CT molecular complexity index is 3120. The zero-order valence-corrected chi connectivity index (χ0v) is 31.5. The minimum atomic E-state index is 0.637. The molecule has 0 atom stereocenters. The van der Waals surface area contributed by atoms with E-state index in [1.165, 1.54) is 38.2 Å². The second-order valence-corrected chi connectivity index (χ2v) is 14.3. The summed E-state index contributed by atoms with van der Waals surface area (Å²) in [5.74, 6) is 0.637. The van der Waals surface area contributed by atoms with E-state index in [2.05, 4.69) is 181 Å². The lowest BCUT2D eigenvalue weighted by Gasteiger charge is -2.26. The highest BCUT2D eigenvalue weighted by atomic mass is 16.3. The molecule has 10 rings (SSSR count). The van der Waals surface area contributed by atoms with Crippen molar-refractivity contribution >= 4 is 66.6 Å². The van der Waals surface area contributed by atoms with Crippen LogP contribution in [0.2, 0.25) is 0 Å². The molecule has 0 bridgehead atoms. The summed E-state index contributed by atoms with van der Waals surface area (Å²) >= 11 is 0. The number of anilines is 3. The maximum Gasteiger partial charge on any atom is 0.227 e. The number of allylic oxidation sites excluding steroid dienone is 3. The average Bonchev–Trinajstić information content (AvgIpc) is 3.73. The Kier molecular flexibility index (Phi) is 8.74. The monoisotopic (exact) mass is 730 g/mol. The minimum Gasteiger partial charge on any atom is -0.435 e. The van der Waals surface area contributed by atoms with Crippen LogP contribution in [-0.2, 0) is 0 Å². The normalized spacial score (nSPS) is 11.8. The topological polar surface area (TPSA) is 29.3 Å². The lowest BCUT2D eigenvalue weighted by molar-refractivity contribution is 0.623. The van der Waals surface area contributed by atoms with Crippen molar-refractivity contribution in [3.05, 3.63) is 212 Å². The van der Waals surface area contributed by atoms with Gasteiger partial charge in [-0.1, -0.05) is 152 Å². The first-order valence-electron chi connectivity index (χ1n) is 19.4. The number of benzene rings is 9. The van der Waals surface area contributed by atoms with Gasteiger partial charge in [-0.05, 0) is 122 Å². The zero-order chi connectivity index (χ0) is 38.1. The van der Waals surface area contributed by atoms with Gasteiger partial charge in [0, 0.05) is 28.0 Å². The van der Waals surface area contributed by atoms with Crippen molar-refractivity contribution in [3.8, 4) is 33.7 Å². The maximum atomic E-state index is 6.38. The molecule has 0 fully saturated rings. The van der Waals surface area contributed by atoms with Gasteiger partial charge in [0.15, 0.2) is 5.58 Å². The number of hydrogen-bond acceptors (Lipinski definition) is 3. The third-order valence-corrected chi connectivity index (χ3v) is 10.8. The Morgan fingerprint density at radius 1 is 0.456 bits per heavy atom. The molecule has 0 N–H and O–H groups in total. The molecule has 1 aromatic heterocycles. The molecule has 0 saturated heterocycles. The number of hydrogen-bond donors (Lipinski definition) is 0. The van der Waals surface area contributed by atoms with Crippen LogP contribution >= 0.6 is 0 Å². The van der Waals surface area contributed by atoms with Crippen LogP contribution in [0.3, 0.4) is 0 Å². The summed E-state index contributed by atoms with van der Waals surface area (Å²) in [6.45, 7) is 2.04. The van der Waals surface area contributed by atoms with Gasteiger partial charge >= 0.3 is 0 Å². The summed E-state index contributed by atoms with van der Waals surface area (Å²) < 4.78 is 6.38. The molecule has 3 heteroatoms. The highest BCUT2D eigenvalue weighted by Gasteiger charge is 2.16. The first kappa shape index (κ1) is 34.0. The zero-order valence-electron chi connectivity index (χ0n) is 31.5. The molecule has 3 nitrogen and oxygen atoms in total. The number of para-hydroxylation sites is 1. The van der Waals surface area contributed by atoms with Crippen LogP contribution in [0.15, 0.2) is 211 Å². The Morgan fingerprint density at radius 3 is 1.93 bits per heavy atom. The van der Waals surface area contributed by atoms with E-state index in [9.17, 15) is 0 Å². The number of fused-ring (bicyclic) bond motifs is 5. The van der Waals surface area contributed by atoms with Crippen LogP contribution in [0.1, 0.15) is 12.5 Å². The van der Waals surface area contributed by atoms with Crippen LogP contribution in [0, 0.1) is 0 Å². The molecule has 270 valence electrons. The van der Waals surface area contributed by atoms with Gasteiger partial charge < -0.3 is 9.32 Å². The molecule has 0 saturated carbocycles. The summed E-state index contributed by atoms with van der Waals surface area (Å²) in [6.07, 6.45) is 8.39. The maximum absolute atomic E-state index is 6.38. The van der Waals surface area contributed by atoms with E-state index >= 15 is 0 Å². The third-order valence-electron chi connectivity index (χ3n) is 10.8. The predicted octanol–water partition coefficient (Wildman–Crippen LogP) is 15.3. The Balaban J connectivity index is 1.00. The predicted molar refractivity (Wildman–Crippen MR) is 241 cm³/mol. The van der Waals surface area contributed by atoms with Crippen molar-refractivity contribution in [1.29, 1.82) is 0 Å². The third kappa shape index (κ3) is 6.35. The van der Waals surface area contributed by atoms with Gasteiger partial charge in [0.2, 0.25) is 5.89 Å². The molecule has 0 aliphatic carbocycles. The summed E-state index contributed by atoms with van der Waals surface area (Å²) in [4.78, 5) is 7.15. The number of oxazole rings is 1. The van der Waals surface area contributed by atoms with Crippen LogP contribution in [0.5, 0.6) is 0 Å². The van der Waals surface area contributed by atoms with Crippen LogP contribution < -0.4 is 4.90 Å². The lowest BCUT2D eigenvalue weighted by atomic mass is 9.94. The summed E-state index contributed by atoms with van der Waals surface area (Å²) in [7, 11) is 0. The van der Waals surface area contributed by atoms with Crippen LogP contribution in [0.25, 0.3) is 83.2 Å². The van der Waals surface area contributed by atoms with E-state index in [-0.39, 0.29) is 0 Å². The van der Waals surface area contributed by atoms with Crippen molar-refractivity contribution in [3.63, 3.8) is 0 Å². The quantitative estimate of drug-likeness (QED) is 0.146. The smallest absolute Gasteiger partial charge is 0.227 e. The van der Waals surface area contributed by atoms with Gasteiger partial charge in [-0.15, -0.1) is 0 Å². The molecular weight excluding hydrogens is 693 g/mol. The van der Waals surface area contributed by atoms with Gasteiger partial charge in [0.1, 0.15) is 5.52 Å². The van der Waals surface area contributed by atoms with E-state index in [4.69, 9.17) is 9.40 Å². The van der Waals surface area contributed by atoms with Gasteiger partial charge in [0.05, 0.1) is 0 Å². The fraction of sp³-hybridized carbons (Fsp3) is 0.0185. The largest absolute Gasteiger partial charge is 0.435 e. The van der Waals surface area contributed by atoms with Crippen molar-refractivity contribution < 1.29 is 4.42 Å². The van der Waals surface area contributed by atoms with E-state index in [1.807, 2.05) is 43.3 Å². The fourth-order valence-electron chi connectivity index (χ4n) is 8.04. The summed E-state index contributed by atoms with van der Waals surface area (Å²) in [5, 5.41) is 7.04. The summed E-state index contributed by atoms with van der Waals surface area (Å²) in [5.41, 5.74) is 11.9. The molecule has 9 aromatic carbocycles. The standard InChI is InChI=1S/C54H38N2O/c1-2-3-6-14-37-28-32-48(49-20-12-11-19-46(37)49)38-25-29-44(30-26-38)56(43-17-9-5-10-18-43)45-31-27-40-35-42(24-23-41(40)36-45)47-21-13-22-51-50(47)33-34-52-53(51)57-54(55-52)39-15-7-4-8-16-39/h2-36H,1H3/b3-2-,14-6-. The Morgan fingerprint density at radius 2 is 1.11 bits per heavy atom. The van der Waals surface area contributed by atoms with Gasteiger partial charge in [-0.25, -0.2) is 4.98 Å². The van der Waals surface area contributed by atoms with Crippen molar-refractivity contribution in [2.45, 2.75) is 6.92 Å². The fourth-order valence-corrected chi connectivity index (χ4v) is 8.04. The minimum absolute atomic E-state index is 0.637. The second-order valence-electron chi connectivity index (χ2n) is 14.3. The van der Waals surface area contributed by atoms with Crippen LogP contribution in [0.4, 0.5) is 17.1 Å². The molecule has 57 heavy (non-hydrogen) atoms. The number of nitrogens with zero attached hydrogens (tertiary/aromatic N) is 2. The molecule has 0 aliphatic heterocycles. The van der Waals surface area contributed by atoms with Gasteiger partial charge in [-0.3, -0.25) is 0 Å². The first-order valence-corrected chi connectivity index (χ1v) is 19.4. The van der Waals surface area contributed by atoms with E-state index in [0.717, 1.165) is 55.6 Å². The van der Waals surface area contributed by atoms with E-state index in [0.29, 0.717) is 5.89 Å². The Labute approximate surface area is 332 Å². The summed E-state index contributed by atoms with van der Waals surface area (Å²) in [6, 6.07) is 67.0. The Hall–Kier alpha value is -7.49. The lowest BCUT2D eigenvalue weighted by Crippen LogP contribution is -2.09. The van der Waals surface area contributed by atoms with E-state index in [1.54, 1.807) is 0 Å². The van der Waals surface area contributed by atoms with E-state index < -0.39 is 0 Å². The number of aromatic nitrogens is 1. The molecule has 10 aromatic rings. The van der Waals surface area contributed by atoms with Crippen LogP contribution in [-0.4, -0.2) is 4.98 Å². The highest BCUT2D eigenvalue weighted by Crippen LogP contribution is 2.40. The van der Waals surface area contributed by atoms with Gasteiger partial charge in [-0.2, -0.15) is 0 Å². The molecule has 0 radical (unpaired) electrons. The molecule has 0 unspecified atom stereocenters. The second kappa shape index (κ2) is 14.6. The van der Waals surface area contributed by atoms with Crippen molar-refractivity contribution in [1.82, 2.24) is 4.98 Å². The molecular formula is C54H38N2O. The molecule has 1 heterocycles. The highest BCUT2D eigenvalue weighted by molar-refractivity contribution is 6.10. The molecule has 0 spiro atoms. The number of rotatable bonds is 8.